The number of hydrogen-bond donors (Lipinski definition) is 12. The quantitative estimate of drug-likeness (QED) is 0.00862. The Hall–Kier alpha value is -5.84. The third-order valence-corrected chi connectivity index (χ3v) is 31.4. The minimum Gasteiger partial charge on any atom is -0.492 e. The van der Waals surface area contributed by atoms with Crippen LogP contribution in [0.4, 0.5) is 4.79 Å². The van der Waals surface area contributed by atoms with Crippen LogP contribution < -0.4 is 52.2 Å². The number of primary amides is 1. The van der Waals surface area contributed by atoms with Gasteiger partial charge in [0.2, 0.25) is 40.8 Å². The van der Waals surface area contributed by atoms with Crippen LogP contribution in [-0.2, 0) is 94.3 Å². The van der Waals surface area contributed by atoms with Crippen molar-refractivity contribution in [2.75, 3.05) is 61.1 Å². The molecule has 6 heterocycles. The van der Waals surface area contributed by atoms with Gasteiger partial charge in [0.05, 0.1) is 114 Å². The second-order valence-corrected chi connectivity index (χ2v) is 40.2. The Bertz CT molecular complexity index is 4260. The van der Waals surface area contributed by atoms with Crippen molar-refractivity contribution in [3.05, 3.63) is 49.9 Å². The van der Waals surface area contributed by atoms with E-state index in [4.69, 9.17) is 67.4 Å². The molecule has 127 heavy (non-hydrogen) atoms. The number of nitrogens with two attached hydrogens (primary N) is 1. The smallest absolute Gasteiger partial charge is 0.407 e. The highest BCUT2D eigenvalue weighted by Gasteiger charge is 2.54. The van der Waals surface area contributed by atoms with E-state index in [1.54, 1.807) is 66.4 Å². The second-order valence-electron chi connectivity index (χ2n) is 32.4. The number of allylic oxidation sites excluding steroid dienone is 2. The Balaban J connectivity index is 0.885. The zero-order chi connectivity index (χ0) is 92.7. The van der Waals surface area contributed by atoms with E-state index in [1.807, 2.05) is 50.8 Å². The number of aryl methyl sites for hydroxylation is 1. The Labute approximate surface area is 775 Å². The summed E-state index contributed by atoms with van der Waals surface area (Å²) in [5.41, 5.74) is 16.8. The van der Waals surface area contributed by atoms with E-state index in [2.05, 4.69) is 66.3 Å². The molecule has 21 unspecified atom stereocenters. The van der Waals surface area contributed by atoms with Crippen molar-refractivity contribution in [1.29, 1.82) is 0 Å². The lowest BCUT2D eigenvalue weighted by molar-refractivity contribution is -0.326. The van der Waals surface area contributed by atoms with Gasteiger partial charge < -0.3 is 109 Å². The number of rotatable bonds is 35. The van der Waals surface area contributed by atoms with Crippen LogP contribution in [0.2, 0.25) is 0 Å². The number of amides is 6. The molecule has 1 aromatic heterocycles. The average molecular weight is 1990 g/mol. The van der Waals surface area contributed by atoms with Crippen LogP contribution in [0.15, 0.2) is 23.8 Å². The number of hydroxylamine groups is 1. The number of likely N-dealkylation sites (N-methyl/N-ethyl adjacent to an activating group) is 1. The van der Waals surface area contributed by atoms with Crippen LogP contribution in [0.3, 0.4) is 0 Å². The average Bonchev–Trinajstić information content (AvgIpc) is 1.38. The molecule has 13 N–H and O–H groups in total. The maximum Gasteiger partial charge on any atom is 0.407 e. The van der Waals surface area contributed by atoms with E-state index in [0.717, 1.165) is 41.8 Å². The third-order valence-electron chi connectivity index (χ3n) is 23.0. The molecule has 2 saturated carbocycles. The van der Waals surface area contributed by atoms with E-state index in [0.29, 0.717) is 32.6 Å². The molecule has 9 rings (SSSR count). The summed E-state index contributed by atoms with van der Waals surface area (Å²) in [5, 5.41) is 75.5. The number of thioether (sulfide) groups is 3. The monoisotopic (exact) mass is 1990 g/mol. The van der Waals surface area contributed by atoms with Crippen molar-refractivity contribution in [2.45, 2.75) is 313 Å². The molecule has 25 atom stereocenters. The molecule has 6 fully saturated rings. The molecule has 708 valence electrons. The number of ketones is 1. The van der Waals surface area contributed by atoms with Gasteiger partial charge in [-0.25, -0.2) is 14.9 Å². The number of nitrogens with one attached hydrogen (secondary N) is 6. The number of carbonyl (C=O) groups excluding carboxylic acids is 8. The summed E-state index contributed by atoms with van der Waals surface area (Å²) in [6, 6.07) is -6.02. The Morgan fingerprint density at radius 1 is 0.835 bits per heavy atom. The highest BCUT2D eigenvalue weighted by Crippen LogP contribution is 2.50. The fourth-order valence-corrected chi connectivity index (χ4v) is 22.8. The number of hydrazine groups is 1. The normalized spacial score (nSPS) is 30.5. The van der Waals surface area contributed by atoms with Gasteiger partial charge in [0.15, 0.2) is 29.9 Å². The highest BCUT2D eigenvalue weighted by molar-refractivity contribution is 14.1. The van der Waals surface area contributed by atoms with Gasteiger partial charge in [-0.2, -0.15) is 29.0 Å². The Kier molecular flexibility index (Phi) is 41.5. The molecule has 2 aromatic rings. The van der Waals surface area contributed by atoms with Crippen molar-refractivity contribution in [1.82, 2.24) is 52.2 Å². The number of carbonyl (C=O) groups is 8. The van der Waals surface area contributed by atoms with E-state index in [9.17, 15) is 63.9 Å². The number of aliphatic hydroxyl groups is 5. The van der Waals surface area contributed by atoms with Crippen molar-refractivity contribution in [2.24, 2.45) is 11.7 Å². The topological polar surface area (TPSA) is 490 Å². The lowest BCUT2D eigenvalue weighted by Gasteiger charge is -2.48. The summed E-state index contributed by atoms with van der Waals surface area (Å²) in [4.78, 5) is 116. The van der Waals surface area contributed by atoms with Crippen molar-refractivity contribution in [3.8, 4) is 40.9 Å². The van der Waals surface area contributed by atoms with Crippen LogP contribution >= 0.6 is 79.5 Å². The highest BCUT2D eigenvalue weighted by atomic mass is 127. The number of fused-ring (bicyclic) bond motifs is 4. The molecule has 7 aliphatic rings. The van der Waals surface area contributed by atoms with Gasteiger partial charge in [0.1, 0.15) is 67.0 Å². The lowest BCUT2D eigenvalue weighted by Crippen LogP contribution is -2.67. The molecule has 0 radical (unpaired) electrons. The largest absolute Gasteiger partial charge is 0.492 e. The molecule has 2 aliphatic carbocycles. The summed E-state index contributed by atoms with van der Waals surface area (Å²) in [5.74, 6) is 8.11. The summed E-state index contributed by atoms with van der Waals surface area (Å²) >= 11 is 6.68. The van der Waals surface area contributed by atoms with E-state index in [-0.39, 0.29) is 72.6 Å². The summed E-state index contributed by atoms with van der Waals surface area (Å²) in [6.07, 6.45) is -9.11. The number of benzene rings is 1. The Morgan fingerprint density at radius 2 is 1.53 bits per heavy atom. The summed E-state index contributed by atoms with van der Waals surface area (Å²) in [6.45, 7) is 16.8. The molecule has 37 nitrogen and oxygen atoms in total. The van der Waals surface area contributed by atoms with Gasteiger partial charge in [-0.15, -0.1) is 11.0 Å². The molecule has 2 bridgehead atoms. The fraction of sp³-hybridized carbons (Fsp3) is 0.714. The lowest BCUT2D eigenvalue weighted by atomic mass is 9.74. The number of aromatic nitrogens is 3. The zero-order valence-electron chi connectivity index (χ0n) is 74.2. The van der Waals surface area contributed by atoms with Gasteiger partial charge in [0, 0.05) is 87.2 Å². The number of aliphatic hydroxyl groups excluding tert-OH is 5. The minimum absolute atomic E-state index is 0.000371. The predicted molar refractivity (Wildman–Crippen MR) is 483 cm³/mol. The third kappa shape index (κ3) is 28.1. The van der Waals surface area contributed by atoms with Gasteiger partial charge >= 0.3 is 6.09 Å². The second kappa shape index (κ2) is 50.3. The first-order valence-electron chi connectivity index (χ1n) is 42.5. The summed E-state index contributed by atoms with van der Waals surface area (Å²) in [7, 11) is 9.06. The number of hydrogen-bond acceptors (Lipinski definition) is 35. The van der Waals surface area contributed by atoms with Crippen LogP contribution in [0.5, 0.6) is 17.2 Å². The van der Waals surface area contributed by atoms with E-state index < -0.39 is 198 Å². The van der Waals surface area contributed by atoms with Crippen LogP contribution in [0.1, 0.15) is 167 Å². The number of ether oxygens (including phenoxy) is 12. The Morgan fingerprint density at radius 3 is 2.18 bits per heavy atom. The summed E-state index contributed by atoms with van der Waals surface area (Å²) < 4.78 is 75.6. The molecule has 0 spiro atoms. The van der Waals surface area contributed by atoms with Crippen molar-refractivity contribution < 1.29 is 126 Å². The number of alkyl carbamates (subject to hydrolysis) is 1. The van der Waals surface area contributed by atoms with Gasteiger partial charge in [-0.1, -0.05) is 81.7 Å². The first kappa shape index (κ1) is 105. The van der Waals surface area contributed by atoms with Crippen molar-refractivity contribution in [3.63, 3.8) is 0 Å². The van der Waals surface area contributed by atoms with E-state index >= 15 is 0 Å². The number of methoxy groups -OCH3 is 5. The number of Topliss-reactive ketones (excluding diaryl/α,β-unsaturated/α-hetero) is 1. The van der Waals surface area contributed by atoms with Gasteiger partial charge in [-0.3, -0.25) is 43.8 Å². The number of nitrogens with zero attached hydrogens (tertiary/aromatic N) is 4. The molecule has 5 aliphatic heterocycles. The SMILES string of the molecule is CC#C/C=C\C#C[C@H](OC1OC(C)C(NOC2CC(O)C(SC(=O)c3c(C)c(I)c(OC4OC(C)C(O)C(OC)C4O)c(OC)c3OC)C(C)O2)C(O)C1OC1COCC(N(CC)C(C)=O)C1OC)C1/C(=C\CSSC(C)(C)NNC(=O)[C@H](C)NC(=O)[C@H](CC(N)=O)NC(=O)CCCn2nnc3c2CSC2CCCCCC(CC2)SC3)[C@@H](O)CC(=O)C1NC(=O)OC. The first-order chi connectivity index (χ1) is 60.6. The minimum atomic E-state index is -1.69. The number of halogens is 1. The van der Waals surface area contributed by atoms with E-state index in [1.165, 1.54) is 121 Å². The molecule has 43 heteroatoms. The molecular formula is C84H124IN11O26S5. The van der Waals surface area contributed by atoms with Crippen LogP contribution in [-0.4, -0.2) is 302 Å². The van der Waals surface area contributed by atoms with Crippen molar-refractivity contribution >= 4 is 126 Å². The standard InChI is InChI=1S/C84H124IN11O26S5/c1-16-18-19-20-24-28-58(64-50(55(98)36-56(99)67(64)89-83(109)114-15)32-34-125-127-84(9,10)93-91-78(106)43(4)87-79(107)51(35-60(86)101)88-61(102)29-25-33-96-54-41-124-49-27-23-21-22-26-48(30-31-49)123-40-52(54)90-94-96)120-82-75(119-59-39-115-38-53(71(59)110-11)95(17-2)47(8)97)69(104)66(44(5)117-82)92-122-62-37-57(100)77(46(7)116-62)126-80(108)63-42(3)65(85)73(76(113-14)72(63)111-12)121-81-70(105)74(112-13)68(103)45(6)118-81/h19-20,32,43-46,48-49,51,53,55,57-59,62,64,66-71,74-75,77,81-82,92-93,98,100,103-105H,17,21-23,25-27,29-31,33-41H2,1-15H3,(H2,86,101)(H,87,107)(H,88,102)(H,89,109)(H,91,106)/b20-19-,50-32-/t43-,44?,45?,46?,48?,49?,51-,53?,55-,57?,58-,59?,62?,64?,66?,67?,68?,69?,70?,71?,74?,75?,77?,81?,82?/m0/s1. The van der Waals surface area contributed by atoms with Crippen LogP contribution in [0.25, 0.3) is 0 Å². The van der Waals surface area contributed by atoms with Gasteiger partial charge in [0.25, 0.3) is 5.91 Å². The molecule has 6 amide bonds. The molecule has 1 aromatic carbocycles. The van der Waals surface area contributed by atoms with Gasteiger partial charge in [-0.05, 0) is 140 Å². The first-order valence-corrected chi connectivity index (χ1v) is 48.9. The molecular weight excluding hydrogens is 1870 g/mol. The fourth-order valence-electron chi connectivity index (χ4n) is 16.3. The predicted octanol–water partition coefficient (Wildman–Crippen LogP) is 4.45. The maximum atomic E-state index is 14.7. The zero-order valence-corrected chi connectivity index (χ0v) is 80.4. The molecule has 4 saturated heterocycles. The maximum absolute atomic E-state index is 14.7. The van der Waals surface area contributed by atoms with Crippen LogP contribution in [0, 0.1) is 40.1 Å².